The summed E-state index contributed by atoms with van der Waals surface area (Å²) >= 11 is 0. The van der Waals surface area contributed by atoms with Gasteiger partial charge in [-0.05, 0) is 32.0 Å². The first-order valence-corrected chi connectivity index (χ1v) is 6.40. The van der Waals surface area contributed by atoms with Crippen molar-refractivity contribution in [1.82, 2.24) is 10.3 Å². The van der Waals surface area contributed by atoms with Crippen LogP contribution in [0.5, 0.6) is 0 Å². The molecule has 1 aromatic rings. The Morgan fingerprint density at radius 1 is 1.50 bits per heavy atom. The van der Waals surface area contributed by atoms with Gasteiger partial charge in [0.1, 0.15) is 11.4 Å². The van der Waals surface area contributed by atoms with Crippen LogP contribution in [-0.4, -0.2) is 43.7 Å². The Kier molecular flexibility index (Phi) is 4.52. The molecule has 0 unspecified atom stereocenters. The summed E-state index contributed by atoms with van der Waals surface area (Å²) < 4.78 is 5.07. The van der Waals surface area contributed by atoms with Crippen LogP contribution >= 0.6 is 0 Å². The maximum atomic E-state index is 11.9. The van der Waals surface area contributed by atoms with Crippen LogP contribution in [-0.2, 0) is 4.74 Å². The first kappa shape index (κ1) is 12.8. The van der Waals surface area contributed by atoms with Crippen LogP contribution in [0, 0.1) is 0 Å². The van der Waals surface area contributed by atoms with Crippen LogP contribution < -0.4 is 10.2 Å². The summed E-state index contributed by atoms with van der Waals surface area (Å²) in [5.41, 5.74) is 0.557. The normalized spacial score (nSPS) is 16.2. The maximum absolute atomic E-state index is 11.9. The first-order valence-electron chi connectivity index (χ1n) is 6.40. The predicted molar refractivity (Wildman–Crippen MR) is 69.9 cm³/mol. The van der Waals surface area contributed by atoms with Gasteiger partial charge in [-0.25, -0.2) is 9.78 Å². The van der Waals surface area contributed by atoms with Gasteiger partial charge in [-0.2, -0.15) is 0 Å². The number of carbonyl (C=O) groups is 1. The minimum Gasteiger partial charge on any atom is -0.462 e. The van der Waals surface area contributed by atoms with Gasteiger partial charge in [0.15, 0.2) is 0 Å². The number of ether oxygens (including phenoxy) is 1. The fourth-order valence-corrected chi connectivity index (χ4v) is 2.07. The largest absolute Gasteiger partial charge is 0.462 e. The van der Waals surface area contributed by atoms with E-state index in [0.29, 0.717) is 12.2 Å². The van der Waals surface area contributed by atoms with Crippen LogP contribution in [0.4, 0.5) is 5.82 Å². The molecule has 5 nitrogen and oxygen atoms in total. The van der Waals surface area contributed by atoms with Crippen molar-refractivity contribution in [3.63, 3.8) is 0 Å². The highest BCUT2D eigenvalue weighted by molar-refractivity contribution is 5.94. The van der Waals surface area contributed by atoms with Crippen LogP contribution in [0.3, 0.4) is 0 Å². The molecule has 2 rings (SSSR count). The lowest BCUT2D eigenvalue weighted by molar-refractivity contribution is 0.0526. The lowest BCUT2D eigenvalue weighted by Crippen LogP contribution is -2.30. The third-order valence-electron chi connectivity index (χ3n) is 2.92. The van der Waals surface area contributed by atoms with Gasteiger partial charge < -0.3 is 15.0 Å². The van der Waals surface area contributed by atoms with Gasteiger partial charge in [-0.1, -0.05) is 0 Å². The number of rotatable bonds is 3. The lowest BCUT2D eigenvalue weighted by Gasteiger charge is -2.22. The summed E-state index contributed by atoms with van der Waals surface area (Å²) in [6, 6.07) is 3.55. The third kappa shape index (κ3) is 2.98. The van der Waals surface area contributed by atoms with E-state index in [1.807, 2.05) is 6.92 Å². The third-order valence-corrected chi connectivity index (χ3v) is 2.92. The highest BCUT2D eigenvalue weighted by Gasteiger charge is 2.19. The van der Waals surface area contributed by atoms with Gasteiger partial charge in [0.2, 0.25) is 0 Å². The van der Waals surface area contributed by atoms with Crippen molar-refractivity contribution < 1.29 is 9.53 Å². The van der Waals surface area contributed by atoms with Gasteiger partial charge in [-0.15, -0.1) is 0 Å². The van der Waals surface area contributed by atoms with Gasteiger partial charge in [0.05, 0.1) is 6.61 Å². The summed E-state index contributed by atoms with van der Waals surface area (Å²) in [4.78, 5) is 18.4. The van der Waals surface area contributed by atoms with Gasteiger partial charge in [0.25, 0.3) is 0 Å². The van der Waals surface area contributed by atoms with E-state index in [9.17, 15) is 4.79 Å². The molecular formula is C13H19N3O2. The number of hydrogen-bond donors (Lipinski definition) is 1. The highest BCUT2D eigenvalue weighted by atomic mass is 16.5. The van der Waals surface area contributed by atoms with Crippen LogP contribution in [0.25, 0.3) is 0 Å². The van der Waals surface area contributed by atoms with Crippen molar-refractivity contribution in [2.45, 2.75) is 13.3 Å². The quantitative estimate of drug-likeness (QED) is 0.812. The Morgan fingerprint density at radius 3 is 3.22 bits per heavy atom. The summed E-state index contributed by atoms with van der Waals surface area (Å²) in [7, 11) is 0. The lowest BCUT2D eigenvalue weighted by atomic mass is 10.2. The Balaban J connectivity index is 2.22. The topological polar surface area (TPSA) is 54.5 Å². The van der Waals surface area contributed by atoms with Crippen molar-refractivity contribution in [2.24, 2.45) is 0 Å². The molecule has 98 valence electrons. The van der Waals surface area contributed by atoms with E-state index in [2.05, 4.69) is 15.2 Å². The zero-order valence-electron chi connectivity index (χ0n) is 10.7. The van der Waals surface area contributed by atoms with Crippen LogP contribution in [0.2, 0.25) is 0 Å². The molecule has 1 aliphatic heterocycles. The van der Waals surface area contributed by atoms with Crippen molar-refractivity contribution in [3.05, 3.63) is 23.9 Å². The zero-order valence-corrected chi connectivity index (χ0v) is 10.7. The van der Waals surface area contributed by atoms with E-state index < -0.39 is 0 Å². The molecule has 0 saturated carbocycles. The standard InChI is InChI=1S/C13H19N3O2/c1-2-18-13(17)11-5-3-7-15-12(11)16-9-4-6-14-8-10-16/h3,5,7,14H,2,4,6,8-10H2,1H3. The average molecular weight is 249 g/mol. The molecule has 1 aromatic heterocycles. The van der Waals surface area contributed by atoms with Crippen molar-refractivity contribution >= 4 is 11.8 Å². The molecule has 1 N–H and O–H groups in total. The monoisotopic (exact) mass is 249 g/mol. The number of hydrogen-bond acceptors (Lipinski definition) is 5. The van der Waals surface area contributed by atoms with Gasteiger partial charge in [-0.3, -0.25) is 0 Å². The highest BCUT2D eigenvalue weighted by Crippen LogP contribution is 2.18. The van der Waals surface area contributed by atoms with E-state index in [1.165, 1.54) is 0 Å². The molecular weight excluding hydrogens is 230 g/mol. The number of carbonyl (C=O) groups excluding carboxylic acids is 1. The number of nitrogens with zero attached hydrogens (tertiary/aromatic N) is 2. The number of anilines is 1. The number of pyridine rings is 1. The smallest absolute Gasteiger partial charge is 0.341 e. The second-order valence-corrected chi connectivity index (χ2v) is 4.19. The summed E-state index contributed by atoms with van der Waals surface area (Å²) in [5.74, 6) is 0.442. The van der Waals surface area contributed by atoms with E-state index in [4.69, 9.17) is 4.74 Å². The number of esters is 1. The molecule has 2 heterocycles. The molecule has 1 aliphatic rings. The zero-order chi connectivity index (χ0) is 12.8. The fraction of sp³-hybridized carbons (Fsp3) is 0.538. The second-order valence-electron chi connectivity index (χ2n) is 4.19. The molecule has 18 heavy (non-hydrogen) atoms. The van der Waals surface area contributed by atoms with E-state index in [-0.39, 0.29) is 5.97 Å². The Hall–Kier alpha value is -1.62. The van der Waals surface area contributed by atoms with E-state index >= 15 is 0 Å². The molecule has 0 atom stereocenters. The minimum atomic E-state index is -0.294. The fourth-order valence-electron chi connectivity index (χ4n) is 2.07. The SMILES string of the molecule is CCOC(=O)c1cccnc1N1CCCNCC1. The predicted octanol–water partition coefficient (Wildman–Crippen LogP) is 1.06. The maximum Gasteiger partial charge on any atom is 0.341 e. The molecule has 0 bridgehead atoms. The van der Waals surface area contributed by atoms with Gasteiger partial charge >= 0.3 is 5.97 Å². The van der Waals surface area contributed by atoms with Crippen molar-refractivity contribution in [2.75, 3.05) is 37.7 Å². The van der Waals surface area contributed by atoms with E-state index in [0.717, 1.165) is 38.4 Å². The summed E-state index contributed by atoms with van der Waals surface area (Å²) in [6.07, 6.45) is 2.77. The number of aromatic nitrogens is 1. The van der Waals surface area contributed by atoms with Crippen molar-refractivity contribution in [3.8, 4) is 0 Å². The molecule has 1 saturated heterocycles. The molecule has 0 aromatic carbocycles. The van der Waals surface area contributed by atoms with Crippen molar-refractivity contribution in [1.29, 1.82) is 0 Å². The van der Waals surface area contributed by atoms with Crippen LogP contribution in [0.15, 0.2) is 18.3 Å². The molecule has 0 radical (unpaired) electrons. The molecule has 0 amide bonds. The minimum absolute atomic E-state index is 0.294. The second kappa shape index (κ2) is 6.35. The average Bonchev–Trinajstić information content (AvgIpc) is 2.68. The molecule has 0 aliphatic carbocycles. The number of nitrogens with one attached hydrogen (secondary N) is 1. The van der Waals surface area contributed by atoms with E-state index in [1.54, 1.807) is 18.3 Å². The Bertz CT molecular complexity index is 401. The molecule has 0 spiro atoms. The van der Waals surface area contributed by atoms with Crippen LogP contribution in [0.1, 0.15) is 23.7 Å². The Labute approximate surface area is 107 Å². The molecule has 1 fully saturated rings. The van der Waals surface area contributed by atoms with Gasteiger partial charge in [0, 0.05) is 25.8 Å². The summed E-state index contributed by atoms with van der Waals surface area (Å²) in [6.45, 7) is 5.90. The first-order chi connectivity index (χ1) is 8.83. The Morgan fingerprint density at radius 2 is 2.39 bits per heavy atom. The molecule has 5 heteroatoms. The summed E-state index contributed by atoms with van der Waals surface area (Å²) in [5, 5.41) is 3.34.